The summed E-state index contributed by atoms with van der Waals surface area (Å²) in [5.74, 6) is 0. The van der Waals surface area contributed by atoms with Gasteiger partial charge in [0.25, 0.3) is 0 Å². The highest BCUT2D eigenvalue weighted by atomic mass is 32.2. The van der Waals surface area contributed by atoms with Crippen LogP contribution in [0.3, 0.4) is 0 Å². The van der Waals surface area contributed by atoms with Crippen LogP contribution in [-0.4, -0.2) is 18.7 Å². The van der Waals surface area contributed by atoms with E-state index >= 15 is 0 Å². The Bertz CT molecular complexity index is 672. The van der Waals surface area contributed by atoms with Crippen LogP contribution in [0.4, 0.5) is 11.4 Å². The minimum absolute atomic E-state index is 0.962. The number of anilines is 1. The molecule has 0 amide bonds. The van der Waals surface area contributed by atoms with Crippen molar-refractivity contribution in [3.05, 3.63) is 73.0 Å². The topological polar surface area (TPSA) is 24.4 Å². The maximum atomic E-state index is 4.38. The van der Waals surface area contributed by atoms with Gasteiger partial charge in [0.1, 0.15) is 0 Å². The molecule has 2 aromatic rings. The fourth-order valence-electron chi connectivity index (χ4n) is 1.80. The lowest BCUT2D eigenvalue weighted by Gasteiger charge is -2.00. The van der Waals surface area contributed by atoms with Crippen LogP contribution >= 0.6 is 23.5 Å². The van der Waals surface area contributed by atoms with Crippen molar-refractivity contribution in [3.8, 4) is 0 Å². The van der Waals surface area contributed by atoms with Gasteiger partial charge < -0.3 is 5.32 Å². The Morgan fingerprint density at radius 3 is 2.00 bits per heavy atom. The summed E-state index contributed by atoms with van der Waals surface area (Å²) in [5.41, 5.74) is 2.04. The van der Waals surface area contributed by atoms with Gasteiger partial charge in [-0.05, 0) is 73.2 Å². The van der Waals surface area contributed by atoms with Crippen LogP contribution in [0.15, 0.2) is 87.7 Å². The van der Waals surface area contributed by atoms with E-state index in [-0.39, 0.29) is 0 Å². The molecular formula is C19H20N2S2. The molecule has 0 saturated heterocycles. The van der Waals surface area contributed by atoms with Crippen molar-refractivity contribution in [3.63, 3.8) is 0 Å². The molecule has 0 fully saturated rings. The van der Waals surface area contributed by atoms with E-state index in [0.717, 1.165) is 11.4 Å². The Balaban J connectivity index is 1.77. The van der Waals surface area contributed by atoms with Crippen LogP contribution in [0.5, 0.6) is 0 Å². The Labute approximate surface area is 146 Å². The van der Waals surface area contributed by atoms with E-state index < -0.39 is 0 Å². The van der Waals surface area contributed by atoms with Crippen LogP contribution in [0.25, 0.3) is 0 Å². The highest BCUT2D eigenvalue weighted by Gasteiger charge is 1.90. The molecule has 4 heteroatoms. The summed E-state index contributed by atoms with van der Waals surface area (Å²) in [6.45, 7) is 0. The lowest BCUT2D eigenvalue weighted by Crippen LogP contribution is -1.85. The zero-order valence-electron chi connectivity index (χ0n) is 13.3. The van der Waals surface area contributed by atoms with Crippen molar-refractivity contribution in [1.82, 2.24) is 0 Å². The predicted molar refractivity (Wildman–Crippen MR) is 107 cm³/mol. The first-order valence-electron chi connectivity index (χ1n) is 7.22. The van der Waals surface area contributed by atoms with E-state index in [1.54, 1.807) is 29.7 Å². The molecular weight excluding hydrogens is 320 g/mol. The van der Waals surface area contributed by atoms with Crippen LogP contribution in [0, 0.1) is 0 Å². The quantitative estimate of drug-likeness (QED) is 0.379. The monoisotopic (exact) mass is 340 g/mol. The van der Waals surface area contributed by atoms with Gasteiger partial charge in [0.2, 0.25) is 0 Å². The normalized spacial score (nSPS) is 11.7. The third-order valence-electron chi connectivity index (χ3n) is 3.04. The summed E-state index contributed by atoms with van der Waals surface area (Å²) in [6.07, 6.45) is 13.7. The standard InChI is InChI=1S/C19H20N2S2/c1-22-18-10-6-16(7-11-18)20-14-4-3-5-15-21-17-8-12-19(23-2)13-9-17/h3-15,20H,1-2H3/b5-3+,14-4+,21-15?. The van der Waals surface area contributed by atoms with Gasteiger partial charge in [0.15, 0.2) is 0 Å². The molecule has 0 aromatic heterocycles. The van der Waals surface area contributed by atoms with E-state index in [0.29, 0.717) is 0 Å². The molecule has 0 aliphatic heterocycles. The highest BCUT2D eigenvalue weighted by molar-refractivity contribution is 7.98. The number of rotatable bonds is 7. The van der Waals surface area contributed by atoms with Crippen molar-refractivity contribution in [2.24, 2.45) is 4.99 Å². The maximum Gasteiger partial charge on any atom is 0.0630 e. The fourth-order valence-corrected chi connectivity index (χ4v) is 2.61. The number of allylic oxidation sites excluding steroid dienone is 3. The molecule has 2 aromatic carbocycles. The van der Waals surface area contributed by atoms with Crippen LogP contribution in [0.1, 0.15) is 0 Å². The molecule has 23 heavy (non-hydrogen) atoms. The summed E-state index contributed by atoms with van der Waals surface area (Å²) in [5, 5.41) is 3.23. The summed E-state index contributed by atoms with van der Waals surface area (Å²) in [4.78, 5) is 6.89. The zero-order valence-corrected chi connectivity index (χ0v) is 14.9. The molecule has 0 atom stereocenters. The molecule has 1 N–H and O–H groups in total. The summed E-state index contributed by atoms with van der Waals surface area (Å²) >= 11 is 3.47. The number of thioether (sulfide) groups is 2. The van der Waals surface area contributed by atoms with Gasteiger partial charge >= 0.3 is 0 Å². The second kappa shape index (κ2) is 9.98. The van der Waals surface area contributed by atoms with Gasteiger partial charge in [-0.3, -0.25) is 4.99 Å². The van der Waals surface area contributed by atoms with Crippen molar-refractivity contribution in [2.45, 2.75) is 9.79 Å². The molecule has 2 nitrogen and oxygen atoms in total. The fraction of sp³-hybridized carbons (Fsp3) is 0.105. The molecule has 0 radical (unpaired) electrons. The Morgan fingerprint density at radius 2 is 1.39 bits per heavy atom. The van der Waals surface area contributed by atoms with Gasteiger partial charge in [-0.15, -0.1) is 23.5 Å². The lowest BCUT2D eigenvalue weighted by atomic mass is 10.3. The first kappa shape index (κ1) is 17.4. The molecule has 0 aliphatic rings. The first-order valence-corrected chi connectivity index (χ1v) is 9.67. The van der Waals surface area contributed by atoms with Gasteiger partial charge in [-0.2, -0.15) is 0 Å². The summed E-state index contributed by atoms with van der Waals surface area (Å²) in [7, 11) is 0. The van der Waals surface area contributed by atoms with Crippen molar-refractivity contribution in [1.29, 1.82) is 0 Å². The molecule has 0 spiro atoms. The van der Waals surface area contributed by atoms with Crippen LogP contribution in [0.2, 0.25) is 0 Å². The van der Waals surface area contributed by atoms with Crippen LogP contribution in [-0.2, 0) is 0 Å². The number of aliphatic imine (C=N–C) groups is 1. The Kier molecular flexibility index (Phi) is 7.57. The van der Waals surface area contributed by atoms with Gasteiger partial charge in [-0.1, -0.05) is 6.08 Å². The third-order valence-corrected chi connectivity index (χ3v) is 4.53. The number of nitrogens with one attached hydrogen (secondary N) is 1. The molecule has 0 heterocycles. The highest BCUT2D eigenvalue weighted by Crippen LogP contribution is 2.19. The van der Waals surface area contributed by atoms with E-state index in [1.807, 2.05) is 36.6 Å². The maximum absolute atomic E-state index is 4.38. The van der Waals surface area contributed by atoms with Gasteiger partial charge in [-0.25, -0.2) is 0 Å². The first-order chi connectivity index (χ1) is 11.3. The molecule has 2 rings (SSSR count). The Hall–Kier alpha value is -1.91. The molecule has 0 unspecified atom stereocenters. The number of benzene rings is 2. The summed E-state index contributed by atoms with van der Waals surface area (Å²) < 4.78 is 0. The molecule has 0 saturated carbocycles. The number of hydrogen-bond acceptors (Lipinski definition) is 4. The minimum atomic E-state index is 0.962. The number of hydrogen-bond donors (Lipinski definition) is 1. The van der Waals surface area contributed by atoms with Gasteiger partial charge in [0.05, 0.1) is 5.69 Å². The largest absolute Gasteiger partial charge is 0.362 e. The zero-order chi connectivity index (χ0) is 16.3. The second-order valence-electron chi connectivity index (χ2n) is 4.59. The molecule has 118 valence electrons. The summed E-state index contributed by atoms with van der Waals surface area (Å²) in [6, 6.07) is 16.5. The van der Waals surface area contributed by atoms with E-state index in [9.17, 15) is 0 Å². The molecule has 0 aliphatic carbocycles. The van der Waals surface area contributed by atoms with Crippen LogP contribution < -0.4 is 5.32 Å². The third kappa shape index (κ3) is 6.38. The second-order valence-corrected chi connectivity index (χ2v) is 6.35. The van der Waals surface area contributed by atoms with Gasteiger partial charge in [0, 0.05) is 27.9 Å². The predicted octanol–water partition coefficient (Wildman–Crippen LogP) is 6.01. The SMILES string of the molecule is CSc1ccc(N=C/C=C/C=C/Nc2ccc(SC)cc2)cc1. The lowest BCUT2D eigenvalue weighted by molar-refractivity contribution is 1.43. The van der Waals surface area contributed by atoms with Crippen molar-refractivity contribution < 1.29 is 0 Å². The van der Waals surface area contributed by atoms with Crippen molar-refractivity contribution in [2.75, 3.05) is 17.8 Å². The average molecular weight is 341 g/mol. The Morgan fingerprint density at radius 1 is 0.783 bits per heavy atom. The smallest absolute Gasteiger partial charge is 0.0630 e. The van der Waals surface area contributed by atoms with E-state index in [1.165, 1.54) is 9.79 Å². The van der Waals surface area contributed by atoms with E-state index in [2.05, 4.69) is 59.2 Å². The minimum Gasteiger partial charge on any atom is -0.362 e. The average Bonchev–Trinajstić information content (AvgIpc) is 2.62. The molecule has 0 bridgehead atoms. The van der Waals surface area contributed by atoms with E-state index in [4.69, 9.17) is 0 Å². The van der Waals surface area contributed by atoms with Crippen molar-refractivity contribution >= 4 is 41.1 Å². The number of nitrogens with zero attached hydrogens (tertiary/aromatic N) is 1.